The molecule has 1 N–H and O–H groups in total. The number of aromatic nitrogens is 3. The zero-order valence-corrected chi connectivity index (χ0v) is 11.5. The van der Waals surface area contributed by atoms with E-state index in [0.717, 1.165) is 11.4 Å². The molecule has 0 amide bonds. The first kappa shape index (κ1) is 12.8. The predicted octanol–water partition coefficient (Wildman–Crippen LogP) is 2.74. The van der Waals surface area contributed by atoms with Crippen LogP contribution in [-0.4, -0.2) is 28.1 Å². The van der Waals surface area contributed by atoms with Gasteiger partial charge in [-0.1, -0.05) is 0 Å². The van der Waals surface area contributed by atoms with Gasteiger partial charge in [0.05, 0.1) is 11.5 Å². The second-order valence-electron chi connectivity index (χ2n) is 3.64. The highest BCUT2D eigenvalue weighted by Gasteiger charge is 2.10. The number of ether oxygens (including phenoxy) is 1. The second-order valence-corrected chi connectivity index (χ2v) is 4.93. The number of rotatable bonds is 5. The van der Waals surface area contributed by atoms with Gasteiger partial charge in [0, 0.05) is 11.4 Å². The van der Waals surface area contributed by atoms with Crippen molar-refractivity contribution in [1.82, 2.24) is 15.0 Å². The van der Waals surface area contributed by atoms with Gasteiger partial charge in [-0.25, -0.2) is 0 Å². The molecule has 2 heterocycles. The van der Waals surface area contributed by atoms with E-state index in [9.17, 15) is 0 Å². The van der Waals surface area contributed by atoms with Crippen LogP contribution in [-0.2, 0) is 0 Å². The quantitative estimate of drug-likeness (QED) is 0.899. The van der Waals surface area contributed by atoms with Gasteiger partial charge in [0.15, 0.2) is 5.82 Å². The molecule has 18 heavy (non-hydrogen) atoms. The zero-order valence-electron chi connectivity index (χ0n) is 10.7. The molecule has 2 rings (SSSR count). The Kier molecular flexibility index (Phi) is 4.09. The van der Waals surface area contributed by atoms with Crippen LogP contribution in [0.3, 0.4) is 0 Å². The van der Waals surface area contributed by atoms with E-state index in [1.54, 1.807) is 11.3 Å². The summed E-state index contributed by atoms with van der Waals surface area (Å²) in [5.41, 5.74) is 0. The molecule has 0 atom stereocenters. The van der Waals surface area contributed by atoms with E-state index in [1.807, 2.05) is 19.9 Å². The maximum absolute atomic E-state index is 5.36. The molecule has 0 spiro atoms. The smallest absolute Gasteiger partial charge is 0.321 e. The van der Waals surface area contributed by atoms with Gasteiger partial charge in [0.1, 0.15) is 0 Å². The van der Waals surface area contributed by atoms with E-state index in [0.29, 0.717) is 24.4 Å². The van der Waals surface area contributed by atoms with Crippen molar-refractivity contribution in [2.45, 2.75) is 20.8 Å². The maximum Gasteiger partial charge on any atom is 0.321 e. The molecule has 5 nitrogen and oxygen atoms in total. The molecule has 0 aliphatic carbocycles. The van der Waals surface area contributed by atoms with Crippen LogP contribution in [0.2, 0.25) is 0 Å². The summed E-state index contributed by atoms with van der Waals surface area (Å²) in [6.07, 6.45) is 0. The third kappa shape index (κ3) is 2.95. The van der Waals surface area contributed by atoms with Crippen LogP contribution in [0.25, 0.3) is 10.7 Å². The summed E-state index contributed by atoms with van der Waals surface area (Å²) < 4.78 is 5.36. The molecule has 96 valence electrons. The van der Waals surface area contributed by atoms with E-state index in [-0.39, 0.29) is 0 Å². The molecule has 6 heteroatoms. The van der Waals surface area contributed by atoms with Gasteiger partial charge in [0.25, 0.3) is 0 Å². The Bertz CT molecular complexity index is 502. The number of anilines is 1. The molecule has 0 aliphatic rings. The zero-order chi connectivity index (χ0) is 13.0. The lowest BCUT2D eigenvalue weighted by atomic mass is 10.4. The highest BCUT2D eigenvalue weighted by atomic mass is 32.1. The molecule has 0 unspecified atom stereocenters. The molecule has 0 radical (unpaired) electrons. The van der Waals surface area contributed by atoms with Crippen LogP contribution in [0.1, 0.15) is 18.7 Å². The first-order valence-corrected chi connectivity index (χ1v) is 6.74. The summed E-state index contributed by atoms with van der Waals surface area (Å²) in [4.78, 5) is 15.1. The first-order chi connectivity index (χ1) is 8.72. The summed E-state index contributed by atoms with van der Waals surface area (Å²) in [6.45, 7) is 7.27. The summed E-state index contributed by atoms with van der Waals surface area (Å²) >= 11 is 1.66. The van der Waals surface area contributed by atoms with E-state index in [2.05, 4.69) is 33.3 Å². The lowest BCUT2D eigenvalue weighted by Gasteiger charge is -2.06. The number of nitrogens with one attached hydrogen (secondary N) is 1. The minimum Gasteiger partial charge on any atom is -0.464 e. The average molecular weight is 264 g/mol. The summed E-state index contributed by atoms with van der Waals surface area (Å²) in [5, 5.41) is 3.09. The second kappa shape index (κ2) is 5.77. The van der Waals surface area contributed by atoms with Crippen molar-refractivity contribution < 1.29 is 4.74 Å². The van der Waals surface area contributed by atoms with Gasteiger partial charge in [-0.3, -0.25) is 0 Å². The average Bonchev–Trinajstić information content (AvgIpc) is 2.76. The number of hydrogen-bond acceptors (Lipinski definition) is 6. The fourth-order valence-electron chi connectivity index (χ4n) is 1.45. The lowest BCUT2D eigenvalue weighted by molar-refractivity contribution is 0.312. The van der Waals surface area contributed by atoms with E-state index in [1.165, 1.54) is 4.88 Å². The Balaban J connectivity index is 2.39. The van der Waals surface area contributed by atoms with E-state index in [4.69, 9.17) is 4.74 Å². The van der Waals surface area contributed by atoms with Gasteiger partial charge in [-0.2, -0.15) is 15.0 Å². The molecule has 0 aliphatic heterocycles. The maximum atomic E-state index is 5.36. The highest BCUT2D eigenvalue weighted by molar-refractivity contribution is 7.15. The van der Waals surface area contributed by atoms with Crippen LogP contribution in [0.15, 0.2) is 12.1 Å². The van der Waals surface area contributed by atoms with E-state index < -0.39 is 0 Å². The third-order valence-corrected chi connectivity index (χ3v) is 3.18. The SMILES string of the molecule is CCNc1nc(OCC)nc(-c2ccc(C)s2)n1. The van der Waals surface area contributed by atoms with Crippen LogP contribution < -0.4 is 10.1 Å². The van der Waals surface area contributed by atoms with Gasteiger partial charge >= 0.3 is 6.01 Å². The van der Waals surface area contributed by atoms with E-state index >= 15 is 0 Å². The van der Waals surface area contributed by atoms with Crippen molar-refractivity contribution in [2.24, 2.45) is 0 Å². The Morgan fingerprint density at radius 1 is 1.22 bits per heavy atom. The minimum absolute atomic E-state index is 0.365. The Morgan fingerprint density at radius 3 is 2.67 bits per heavy atom. The van der Waals surface area contributed by atoms with Crippen molar-refractivity contribution in [3.63, 3.8) is 0 Å². The molecule has 0 bridgehead atoms. The summed E-state index contributed by atoms with van der Waals surface area (Å²) in [7, 11) is 0. The largest absolute Gasteiger partial charge is 0.464 e. The first-order valence-electron chi connectivity index (χ1n) is 5.92. The molecular formula is C12H16N4OS. The lowest BCUT2D eigenvalue weighted by Crippen LogP contribution is -2.07. The fraction of sp³-hybridized carbons (Fsp3) is 0.417. The van der Waals surface area contributed by atoms with Crippen LogP contribution >= 0.6 is 11.3 Å². The van der Waals surface area contributed by atoms with Crippen molar-refractivity contribution in [3.8, 4) is 16.7 Å². The van der Waals surface area contributed by atoms with Crippen LogP contribution in [0, 0.1) is 6.92 Å². The Hall–Kier alpha value is -1.69. The predicted molar refractivity (Wildman–Crippen MR) is 73.2 cm³/mol. The number of aryl methyl sites for hydroxylation is 1. The summed E-state index contributed by atoms with van der Waals surface area (Å²) in [6, 6.07) is 4.43. The molecular weight excluding hydrogens is 248 g/mol. The molecule has 0 aromatic carbocycles. The van der Waals surface area contributed by atoms with Gasteiger partial charge in [0.2, 0.25) is 5.95 Å². The van der Waals surface area contributed by atoms with Crippen molar-refractivity contribution in [2.75, 3.05) is 18.5 Å². The van der Waals surface area contributed by atoms with Crippen molar-refractivity contribution >= 4 is 17.3 Å². The fourth-order valence-corrected chi connectivity index (χ4v) is 2.25. The number of hydrogen-bond donors (Lipinski definition) is 1. The third-order valence-electron chi connectivity index (χ3n) is 2.18. The normalized spacial score (nSPS) is 10.4. The summed E-state index contributed by atoms with van der Waals surface area (Å²) in [5.74, 6) is 1.21. The Labute approximate surface area is 110 Å². The highest BCUT2D eigenvalue weighted by Crippen LogP contribution is 2.26. The Morgan fingerprint density at radius 2 is 2.06 bits per heavy atom. The molecule has 0 saturated heterocycles. The van der Waals surface area contributed by atoms with Gasteiger partial charge in [-0.15, -0.1) is 11.3 Å². The topological polar surface area (TPSA) is 59.9 Å². The molecule has 0 fully saturated rings. The van der Waals surface area contributed by atoms with Gasteiger partial charge < -0.3 is 10.1 Å². The molecule has 0 saturated carbocycles. The molecule has 2 aromatic heterocycles. The minimum atomic E-state index is 0.365. The van der Waals surface area contributed by atoms with Crippen molar-refractivity contribution in [1.29, 1.82) is 0 Å². The number of thiophene rings is 1. The standard InChI is InChI=1S/C12H16N4OS/c1-4-13-11-14-10(9-7-6-8(3)18-9)15-12(16-11)17-5-2/h6-7H,4-5H2,1-3H3,(H,13,14,15,16). The van der Waals surface area contributed by atoms with Crippen molar-refractivity contribution in [3.05, 3.63) is 17.0 Å². The van der Waals surface area contributed by atoms with Gasteiger partial charge in [-0.05, 0) is 32.9 Å². The van der Waals surface area contributed by atoms with Crippen LogP contribution in [0.5, 0.6) is 6.01 Å². The number of nitrogens with zero attached hydrogens (tertiary/aromatic N) is 3. The monoisotopic (exact) mass is 264 g/mol. The van der Waals surface area contributed by atoms with Crippen LogP contribution in [0.4, 0.5) is 5.95 Å². The molecule has 2 aromatic rings.